The second-order valence-corrected chi connectivity index (χ2v) is 7.42. The zero-order chi connectivity index (χ0) is 20.3. The first-order valence-electron chi connectivity index (χ1n) is 9.39. The number of hydrogen-bond acceptors (Lipinski definition) is 5. The van der Waals surface area contributed by atoms with Gasteiger partial charge in [0.25, 0.3) is 5.91 Å². The average Bonchev–Trinajstić information content (AvgIpc) is 2.69. The number of amides is 2. The minimum atomic E-state index is -1.02. The van der Waals surface area contributed by atoms with Gasteiger partial charge in [-0.3, -0.25) is 14.4 Å². The molecule has 0 spiro atoms. The Morgan fingerprint density at radius 2 is 1.96 bits per heavy atom. The highest BCUT2D eigenvalue weighted by atomic mass is 16.5. The van der Waals surface area contributed by atoms with Gasteiger partial charge in [-0.1, -0.05) is 12.1 Å². The summed E-state index contributed by atoms with van der Waals surface area (Å²) in [5.41, 5.74) is 1.74. The van der Waals surface area contributed by atoms with Crippen LogP contribution in [0.5, 0.6) is 0 Å². The van der Waals surface area contributed by atoms with Crippen molar-refractivity contribution in [2.75, 3.05) is 24.8 Å². The van der Waals surface area contributed by atoms with Crippen LogP contribution in [0, 0.1) is 19.3 Å². The summed E-state index contributed by atoms with van der Waals surface area (Å²) in [6.45, 7) is 4.54. The Labute approximate surface area is 163 Å². The molecule has 1 aromatic rings. The number of benzene rings is 1. The van der Waals surface area contributed by atoms with Gasteiger partial charge < -0.3 is 15.2 Å². The van der Waals surface area contributed by atoms with Gasteiger partial charge in [0.15, 0.2) is 0 Å². The fourth-order valence-corrected chi connectivity index (χ4v) is 3.43. The van der Waals surface area contributed by atoms with Crippen molar-refractivity contribution in [3.8, 4) is 0 Å². The van der Waals surface area contributed by atoms with Crippen molar-refractivity contribution in [1.82, 2.24) is 5.32 Å². The van der Waals surface area contributed by atoms with Gasteiger partial charge in [0, 0.05) is 32.6 Å². The quantitative estimate of drug-likeness (QED) is 0.801. The normalized spacial score (nSPS) is 19.1. The van der Waals surface area contributed by atoms with Gasteiger partial charge in [0.2, 0.25) is 5.91 Å². The molecule has 28 heavy (non-hydrogen) atoms. The first kappa shape index (κ1) is 20.0. The Balaban J connectivity index is 1.76. The van der Waals surface area contributed by atoms with E-state index in [0.717, 1.165) is 11.1 Å². The summed E-state index contributed by atoms with van der Waals surface area (Å²) in [5.74, 6) is -1.54. The molecule has 8 nitrogen and oxygen atoms in total. The maximum absolute atomic E-state index is 12.6. The van der Waals surface area contributed by atoms with Gasteiger partial charge in [-0.15, -0.1) is 0 Å². The average molecular weight is 387 g/mol. The highest BCUT2D eigenvalue weighted by molar-refractivity contribution is 6.40. The van der Waals surface area contributed by atoms with E-state index in [2.05, 4.69) is 10.4 Å². The van der Waals surface area contributed by atoms with Crippen LogP contribution in [0.1, 0.15) is 36.8 Å². The minimum absolute atomic E-state index is 0.0148. The number of nitrogens with zero attached hydrogens (tertiary/aromatic N) is 2. The number of carbonyl (C=O) groups excluding carboxylic acids is 2. The van der Waals surface area contributed by atoms with Crippen LogP contribution in [0.15, 0.2) is 23.3 Å². The molecule has 3 rings (SSSR count). The Bertz CT molecular complexity index is 827. The number of aryl methyl sites for hydroxylation is 2. The van der Waals surface area contributed by atoms with E-state index in [1.54, 1.807) is 0 Å². The van der Waals surface area contributed by atoms with Crippen LogP contribution in [-0.4, -0.2) is 48.4 Å². The Morgan fingerprint density at radius 3 is 2.64 bits per heavy atom. The van der Waals surface area contributed by atoms with Gasteiger partial charge in [0.05, 0.1) is 11.1 Å². The molecule has 2 amide bonds. The Kier molecular flexibility index (Phi) is 5.79. The molecule has 0 saturated carbocycles. The highest BCUT2D eigenvalue weighted by Crippen LogP contribution is 2.30. The number of hydrazone groups is 1. The number of rotatable bonds is 5. The molecule has 1 fully saturated rings. The first-order chi connectivity index (χ1) is 13.3. The molecular formula is C20H25N3O5. The third-order valence-corrected chi connectivity index (χ3v) is 5.38. The molecule has 2 aliphatic heterocycles. The van der Waals surface area contributed by atoms with Crippen molar-refractivity contribution in [1.29, 1.82) is 0 Å². The van der Waals surface area contributed by atoms with E-state index in [4.69, 9.17) is 4.74 Å². The number of carbonyl (C=O) groups is 3. The monoisotopic (exact) mass is 387 g/mol. The molecule has 0 aromatic heterocycles. The summed E-state index contributed by atoms with van der Waals surface area (Å²) in [7, 11) is 0. The lowest BCUT2D eigenvalue weighted by atomic mass is 9.80. The second-order valence-electron chi connectivity index (χ2n) is 7.42. The molecule has 2 N–H and O–H groups in total. The zero-order valence-electron chi connectivity index (χ0n) is 16.2. The van der Waals surface area contributed by atoms with Crippen LogP contribution < -0.4 is 10.3 Å². The number of nitrogens with one attached hydrogen (secondary N) is 1. The third-order valence-electron chi connectivity index (χ3n) is 5.38. The fraction of sp³-hybridized carbons (Fsp3) is 0.500. The molecule has 8 heteroatoms. The lowest BCUT2D eigenvalue weighted by Crippen LogP contribution is -2.48. The smallest absolute Gasteiger partial charge is 0.311 e. The molecule has 2 aliphatic rings. The van der Waals surface area contributed by atoms with Gasteiger partial charge in [-0.05, 0) is 43.9 Å². The van der Waals surface area contributed by atoms with Crippen LogP contribution in [0.4, 0.5) is 5.69 Å². The zero-order valence-corrected chi connectivity index (χ0v) is 16.2. The number of anilines is 1. The number of aliphatic carboxylic acids is 1. The molecular weight excluding hydrogens is 362 g/mol. The standard InChI is InChI=1S/C20H25N3O5/c1-13-3-4-14(2)16(11-13)23-17(24)6-5-15(22-23)18(25)21-12-20(19(26)27)7-9-28-10-8-20/h3-4,11H,5-10,12H2,1-2H3,(H,21,25)(H,26,27). The van der Waals surface area contributed by atoms with Crippen molar-refractivity contribution >= 4 is 29.2 Å². The molecule has 0 bridgehead atoms. The van der Waals surface area contributed by atoms with E-state index in [0.29, 0.717) is 31.7 Å². The second kappa shape index (κ2) is 8.10. The molecule has 0 atom stereocenters. The van der Waals surface area contributed by atoms with Crippen LogP contribution >= 0.6 is 0 Å². The number of carboxylic acid groups (broad SMARTS) is 1. The third kappa shape index (κ3) is 4.06. The summed E-state index contributed by atoms with van der Waals surface area (Å²) >= 11 is 0. The summed E-state index contributed by atoms with van der Waals surface area (Å²) in [6.07, 6.45) is 1.11. The molecule has 0 radical (unpaired) electrons. The van der Waals surface area contributed by atoms with Crippen LogP contribution in [0.2, 0.25) is 0 Å². The minimum Gasteiger partial charge on any atom is -0.481 e. The number of ether oxygens (including phenoxy) is 1. The van der Waals surface area contributed by atoms with Crippen molar-refractivity contribution < 1.29 is 24.2 Å². The number of carboxylic acids is 1. The summed E-state index contributed by atoms with van der Waals surface area (Å²) in [6, 6.07) is 5.71. The van der Waals surface area contributed by atoms with Crippen molar-refractivity contribution in [2.24, 2.45) is 10.5 Å². The maximum atomic E-state index is 12.6. The maximum Gasteiger partial charge on any atom is 0.311 e. The summed E-state index contributed by atoms with van der Waals surface area (Å²) in [5, 5.41) is 17.9. The summed E-state index contributed by atoms with van der Waals surface area (Å²) in [4.78, 5) is 36.7. The van der Waals surface area contributed by atoms with E-state index in [-0.39, 0.29) is 31.0 Å². The molecule has 1 aromatic carbocycles. The van der Waals surface area contributed by atoms with Gasteiger partial charge in [-0.2, -0.15) is 5.10 Å². The fourth-order valence-electron chi connectivity index (χ4n) is 3.43. The van der Waals surface area contributed by atoms with E-state index in [1.165, 1.54) is 5.01 Å². The predicted octanol–water partition coefficient (Wildman–Crippen LogP) is 1.78. The molecule has 1 saturated heterocycles. The lowest BCUT2D eigenvalue weighted by molar-refractivity contribution is -0.154. The lowest BCUT2D eigenvalue weighted by Gasteiger charge is -2.33. The van der Waals surface area contributed by atoms with E-state index in [1.807, 2.05) is 32.0 Å². The SMILES string of the molecule is Cc1ccc(C)c(N2N=C(C(=O)NCC3(C(=O)O)CCOCC3)CCC2=O)c1. The van der Waals surface area contributed by atoms with Gasteiger partial charge >= 0.3 is 5.97 Å². The van der Waals surface area contributed by atoms with E-state index < -0.39 is 17.3 Å². The van der Waals surface area contributed by atoms with Crippen molar-refractivity contribution in [3.63, 3.8) is 0 Å². The molecule has 2 heterocycles. The van der Waals surface area contributed by atoms with Gasteiger partial charge in [-0.25, -0.2) is 5.01 Å². The van der Waals surface area contributed by atoms with E-state index in [9.17, 15) is 19.5 Å². The van der Waals surface area contributed by atoms with E-state index >= 15 is 0 Å². The molecule has 0 unspecified atom stereocenters. The molecule has 150 valence electrons. The predicted molar refractivity (Wildman–Crippen MR) is 103 cm³/mol. The van der Waals surface area contributed by atoms with Crippen molar-refractivity contribution in [3.05, 3.63) is 29.3 Å². The van der Waals surface area contributed by atoms with Crippen molar-refractivity contribution in [2.45, 2.75) is 39.5 Å². The summed E-state index contributed by atoms with van der Waals surface area (Å²) < 4.78 is 5.25. The largest absolute Gasteiger partial charge is 0.481 e. The van der Waals surface area contributed by atoms with Gasteiger partial charge in [0.1, 0.15) is 5.71 Å². The number of hydrogen-bond donors (Lipinski definition) is 2. The topological polar surface area (TPSA) is 108 Å². The Morgan fingerprint density at radius 1 is 1.25 bits per heavy atom. The van der Waals surface area contributed by atoms with Crippen LogP contribution in [0.3, 0.4) is 0 Å². The highest BCUT2D eigenvalue weighted by Gasteiger charge is 2.41. The first-order valence-corrected chi connectivity index (χ1v) is 9.39. The van der Waals surface area contributed by atoms with Crippen LogP contribution in [-0.2, 0) is 19.1 Å². The Hall–Kier alpha value is -2.74. The molecule has 0 aliphatic carbocycles. The van der Waals surface area contributed by atoms with Crippen LogP contribution in [0.25, 0.3) is 0 Å².